The summed E-state index contributed by atoms with van der Waals surface area (Å²) in [7, 11) is -0.740. The fourth-order valence-electron chi connectivity index (χ4n) is 2.14. The van der Waals surface area contributed by atoms with Crippen LogP contribution in [0, 0.1) is 5.82 Å². The summed E-state index contributed by atoms with van der Waals surface area (Å²) in [6.45, 7) is 10.5. The molecule has 0 N–H and O–H groups in total. The summed E-state index contributed by atoms with van der Waals surface area (Å²) >= 11 is 0. The lowest BCUT2D eigenvalue weighted by Crippen LogP contribution is -2.28. The molecule has 0 unspecified atom stereocenters. The van der Waals surface area contributed by atoms with Gasteiger partial charge in [0.2, 0.25) is 0 Å². The van der Waals surface area contributed by atoms with Gasteiger partial charge in [-0.15, -0.1) is 0 Å². The highest BCUT2D eigenvalue weighted by atomic mass is 28.2. The number of pyridine rings is 1. The molecule has 128 valence electrons. The van der Waals surface area contributed by atoms with E-state index in [1.807, 2.05) is 19.9 Å². The third-order valence-electron chi connectivity index (χ3n) is 3.67. The zero-order chi connectivity index (χ0) is 18.0. The van der Waals surface area contributed by atoms with Crippen LogP contribution >= 0.6 is 0 Å². The maximum absolute atomic E-state index is 13.0. The Morgan fingerprint density at radius 1 is 1.04 bits per heavy atom. The van der Waals surface area contributed by atoms with Crippen LogP contribution in [0.15, 0.2) is 42.7 Å². The molecular formula is C19H24FNO2Si. The highest BCUT2D eigenvalue weighted by Gasteiger charge is 2.25. The molecule has 2 rings (SSSR count). The van der Waals surface area contributed by atoms with Gasteiger partial charge in [0.05, 0.1) is 5.60 Å². The van der Waals surface area contributed by atoms with Gasteiger partial charge in [0.25, 0.3) is 0 Å². The first-order chi connectivity index (χ1) is 11.1. The minimum atomic E-state index is -0.740. The molecule has 3 nitrogen and oxygen atoms in total. The maximum atomic E-state index is 13.0. The van der Waals surface area contributed by atoms with E-state index in [1.165, 1.54) is 30.5 Å². The van der Waals surface area contributed by atoms with Gasteiger partial charge in [0.1, 0.15) is 5.82 Å². The van der Waals surface area contributed by atoms with E-state index >= 15 is 0 Å². The van der Waals surface area contributed by atoms with Gasteiger partial charge in [-0.1, -0.05) is 20.8 Å². The Kier molecular flexibility index (Phi) is 5.35. The Morgan fingerprint density at radius 2 is 1.67 bits per heavy atom. The van der Waals surface area contributed by atoms with Crippen LogP contribution in [0.2, 0.25) is 5.04 Å². The van der Waals surface area contributed by atoms with Gasteiger partial charge in [-0.3, -0.25) is 9.78 Å². The Labute approximate surface area is 145 Å². The predicted octanol–water partition coefficient (Wildman–Crippen LogP) is 4.01. The number of hydrogen-bond acceptors (Lipinski definition) is 3. The molecule has 0 bridgehead atoms. The van der Waals surface area contributed by atoms with Crippen LogP contribution < -0.4 is 0 Å². The first kappa shape index (κ1) is 18.5. The van der Waals surface area contributed by atoms with Gasteiger partial charge in [-0.2, -0.15) is 0 Å². The third kappa shape index (κ3) is 4.82. The summed E-state index contributed by atoms with van der Waals surface area (Å²) in [6.07, 6.45) is 3.27. The normalized spacial score (nSPS) is 12.8. The Hall–Kier alpha value is -1.85. The standard InChI is InChI=1S/C19H24FNO2Si/c1-18(2,3)24-23-19(4,5)15-10-14(11-21-12-15)17(22)13-6-8-16(20)9-7-13/h6-12H,24H2,1-5H3. The average molecular weight is 345 g/mol. The molecule has 1 heterocycles. The number of aromatic nitrogens is 1. The molecule has 2 aromatic rings. The van der Waals surface area contributed by atoms with E-state index in [4.69, 9.17) is 4.43 Å². The molecular weight excluding hydrogens is 321 g/mol. The molecule has 0 fully saturated rings. The van der Waals surface area contributed by atoms with E-state index in [0.29, 0.717) is 11.1 Å². The van der Waals surface area contributed by atoms with Crippen molar-refractivity contribution in [2.24, 2.45) is 0 Å². The van der Waals surface area contributed by atoms with Crippen LogP contribution in [0.5, 0.6) is 0 Å². The Balaban J connectivity index is 2.24. The second-order valence-electron chi connectivity index (χ2n) is 7.66. The van der Waals surface area contributed by atoms with E-state index in [1.54, 1.807) is 6.20 Å². The van der Waals surface area contributed by atoms with Gasteiger partial charge >= 0.3 is 0 Å². The number of nitrogens with zero attached hydrogens (tertiary/aromatic N) is 1. The van der Waals surface area contributed by atoms with Crippen LogP contribution in [-0.4, -0.2) is 20.5 Å². The van der Waals surface area contributed by atoms with E-state index in [9.17, 15) is 9.18 Å². The predicted molar refractivity (Wildman–Crippen MR) is 96.4 cm³/mol. The first-order valence-electron chi connectivity index (χ1n) is 7.98. The number of carbonyl (C=O) groups excluding carboxylic acids is 1. The van der Waals surface area contributed by atoms with Crippen molar-refractivity contribution in [2.45, 2.75) is 45.3 Å². The van der Waals surface area contributed by atoms with Gasteiger partial charge in [-0.25, -0.2) is 4.39 Å². The van der Waals surface area contributed by atoms with E-state index in [0.717, 1.165) is 5.56 Å². The molecule has 0 saturated heterocycles. The SMILES string of the molecule is CC(C)(C)[SiH2]OC(C)(C)c1cncc(C(=O)c2ccc(F)cc2)c1. The average Bonchev–Trinajstić information content (AvgIpc) is 2.53. The number of carbonyl (C=O) groups is 1. The van der Waals surface area contributed by atoms with Crippen LogP contribution in [0.4, 0.5) is 4.39 Å². The van der Waals surface area contributed by atoms with Gasteiger partial charge < -0.3 is 4.43 Å². The van der Waals surface area contributed by atoms with Crippen molar-refractivity contribution in [3.63, 3.8) is 0 Å². The van der Waals surface area contributed by atoms with Crippen LogP contribution in [0.1, 0.15) is 56.1 Å². The van der Waals surface area contributed by atoms with E-state index in [-0.39, 0.29) is 16.6 Å². The molecule has 0 aliphatic heterocycles. The van der Waals surface area contributed by atoms with Crippen molar-refractivity contribution in [1.29, 1.82) is 0 Å². The third-order valence-corrected chi connectivity index (χ3v) is 5.40. The number of rotatable bonds is 5. The Morgan fingerprint density at radius 3 is 2.25 bits per heavy atom. The zero-order valence-corrected chi connectivity index (χ0v) is 16.3. The molecule has 0 aliphatic rings. The summed E-state index contributed by atoms with van der Waals surface area (Å²) in [5.41, 5.74) is 1.30. The molecule has 24 heavy (non-hydrogen) atoms. The summed E-state index contributed by atoms with van der Waals surface area (Å²) in [5, 5.41) is 0.187. The minimum absolute atomic E-state index is 0.173. The van der Waals surface area contributed by atoms with Crippen LogP contribution in [-0.2, 0) is 10.0 Å². The van der Waals surface area contributed by atoms with E-state index < -0.39 is 15.4 Å². The Bertz CT molecular complexity index is 721. The highest BCUT2D eigenvalue weighted by molar-refractivity contribution is 6.31. The summed E-state index contributed by atoms with van der Waals surface area (Å²) in [5.74, 6) is -0.534. The molecule has 1 aromatic heterocycles. The number of halogens is 1. The monoisotopic (exact) mass is 345 g/mol. The fraction of sp³-hybridized carbons (Fsp3) is 0.368. The van der Waals surface area contributed by atoms with Crippen molar-refractivity contribution in [3.8, 4) is 0 Å². The summed E-state index contributed by atoms with van der Waals surface area (Å²) in [6, 6.07) is 7.35. The molecule has 0 atom stereocenters. The number of benzene rings is 1. The fourth-order valence-corrected chi connectivity index (χ4v) is 3.10. The lowest BCUT2D eigenvalue weighted by Gasteiger charge is -2.30. The van der Waals surface area contributed by atoms with Gasteiger partial charge in [-0.05, 0) is 49.2 Å². The van der Waals surface area contributed by atoms with Gasteiger partial charge in [0, 0.05) is 29.1 Å². The molecule has 0 radical (unpaired) electrons. The topological polar surface area (TPSA) is 39.2 Å². The van der Waals surface area contributed by atoms with Crippen LogP contribution in [0.3, 0.4) is 0 Å². The second kappa shape index (κ2) is 6.95. The quantitative estimate of drug-likeness (QED) is 0.607. The molecule has 0 saturated carbocycles. The van der Waals surface area contributed by atoms with Crippen molar-refractivity contribution >= 4 is 15.5 Å². The highest BCUT2D eigenvalue weighted by Crippen LogP contribution is 2.29. The van der Waals surface area contributed by atoms with Crippen molar-refractivity contribution in [3.05, 3.63) is 65.2 Å². The smallest absolute Gasteiger partial charge is 0.194 e. The molecule has 5 heteroatoms. The van der Waals surface area contributed by atoms with Crippen molar-refractivity contribution < 1.29 is 13.6 Å². The maximum Gasteiger partial charge on any atom is 0.194 e. The van der Waals surface area contributed by atoms with E-state index in [2.05, 4.69) is 25.8 Å². The minimum Gasteiger partial charge on any atom is -0.414 e. The number of ketones is 1. The molecule has 0 spiro atoms. The zero-order valence-electron chi connectivity index (χ0n) is 14.9. The van der Waals surface area contributed by atoms with Crippen molar-refractivity contribution in [2.75, 3.05) is 0 Å². The lowest BCUT2D eigenvalue weighted by molar-refractivity contribution is 0.103. The summed E-state index contributed by atoms with van der Waals surface area (Å²) in [4.78, 5) is 16.8. The molecule has 0 aliphatic carbocycles. The van der Waals surface area contributed by atoms with Crippen molar-refractivity contribution in [1.82, 2.24) is 4.98 Å². The first-order valence-corrected chi connectivity index (χ1v) is 9.27. The second-order valence-corrected chi connectivity index (χ2v) is 10.4. The molecule has 1 aromatic carbocycles. The largest absolute Gasteiger partial charge is 0.414 e. The summed E-state index contributed by atoms with van der Waals surface area (Å²) < 4.78 is 19.2. The van der Waals surface area contributed by atoms with Gasteiger partial charge in [0.15, 0.2) is 15.5 Å². The molecule has 0 amide bonds. The lowest BCUT2D eigenvalue weighted by atomic mass is 9.96. The van der Waals surface area contributed by atoms with Crippen LogP contribution in [0.25, 0.3) is 0 Å². The number of hydrogen-bond donors (Lipinski definition) is 0.